The van der Waals surface area contributed by atoms with Crippen LogP contribution in [0.2, 0.25) is 0 Å². The van der Waals surface area contributed by atoms with Gasteiger partial charge in [-0.3, -0.25) is 4.79 Å². The van der Waals surface area contributed by atoms with Gasteiger partial charge in [0.1, 0.15) is 0 Å². The van der Waals surface area contributed by atoms with Gasteiger partial charge in [-0.05, 0) is 18.2 Å². The maximum atomic E-state index is 10.7. The summed E-state index contributed by atoms with van der Waals surface area (Å²) < 4.78 is 10.4. The summed E-state index contributed by atoms with van der Waals surface area (Å²) in [7, 11) is 3.11. The molecule has 1 aromatic carbocycles. The van der Waals surface area contributed by atoms with E-state index in [1.807, 2.05) is 6.07 Å². The molecule has 0 saturated carbocycles. The number of carbonyl (C=O) groups is 1. The van der Waals surface area contributed by atoms with E-state index in [0.29, 0.717) is 22.9 Å². The van der Waals surface area contributed by atoms with Crippen molar-refractivity contribution in [3.8, 4) is 22.9 Å². The minimum absolute atomic E-state index is 0.168. The van der Waals surface area contributed by atoms with E-state index in [0.717, 1.165) is 5.56 Å². The number of aliphatic carboxylic acids is 1. The Morgan fingerprint density at radius 1 is 1.23 bits per heavy atom. The summed E-state index contributed by atoms with van der Waals surface area (Å²) in [5.74, 6) is 0.727. The first-order valence-corrected chi connectivity index (χ1v) is 6.57. The lowest BCUT2D eigenvalue weighted by molar-refractivity contribution is -0.137. The van der Waals surface area contributed by atoms with E-state index in [2.05, 4.69) is 9.97 Å². The Morgan fingerprint density at radius 3 is 2.41 bits per heavy atom. The van der Waals surface area contributed by atoms with Crippen molar-refractivity contribution in [3.05, 3.63) is 36.2 Å². The molecule has 0 aliphatic carbocycles. The van der Waals surface area contributed by atoms with Gasteiger partial charge in [-0.1, -0.05) is 0 Å². The normalized spacial score (nSPS) is 11.8. The molecule has 0 bridgehead atoms. The van der Waals surface area contributed by atoms with Gasteiger partial charge in [-0.25, -0.2) is 9.97 Å². The number of ether oxygens (including phenoxy) is 2. The van der Waals surface area contributed by atoms with E-state index in [9.17, 15) is 4.79 Å². The first-order valence-electron chi connectivity index (χ1n) is 6.57. The van der Waals surface area contributed by atoms with Crippen LogP contribution < -0.4 is 15.2 Å². The van der Waals surface area contributed by atoms with Gasteiger partial charge in [-0.2, -0.15) is 0 Å². The Labute approximate surface area is 127 Å². The fourth-order valence-corrected chi connectivity index (χ4v) is 1.96. The molecule has 0 radical (unpaired) electrons. The molecule has 116 valence electrons. The van der Waals surface area contributed by atoms with Gasteiger partial charge < -0.3 is 20.3 Å². The van der Waals surface area contributed by atoms with Gasteiger partial charge in [0.05, 0.1) is 20.6 Å². The van der Waals surface area contributed by atoms with Crippen molar-refractivity contribution in [1.29, 1.82) is 0 Å². The highest BCUT2D eigenvalue weighted by Crippen LogP contribution is 2.31. The Hall–Kier alpha value is -2.67. The van der Waals surface area contributed by atoms with Gasteiger partial charge in [-0.15, -0.1) is 0 Å². The molecular weight excluding hydrogens is 286 g/mol. The summed E-state index contributed by atoms with van der Waals surface area (Å²) in [5.41, 5.74) is 7.11. The maximum absolute atomic E-state index is 10.7. The van der Waals surface area contributed by atoms with Crippen LogP contribution in [0.5, 0.6) is 11.5 Å². The van der Waals surface area contributed by atoms with E-state index in [1.54, 1.807) is 26.4 Å². The molecule has 0 fully saturated rings. The third-order valence-electron chi connectivity index (χ3n) is 3.14. The standard InChI is InChI=1S/C15H17N3O4/c1-21-12-4-3-9(5-13(12)22-2)15-17-7-10(8-18-15)11(16)6-14(19)20/h3-5,7-8,11H,6,16H2,1-2H3,(H,19,20)/t11-/m0/s1. The lowest BCUT2D eigenvalue weighted by atomic mass is 10.1. The highest BCUT2D eigenvalue weighted by Gasteiger charge is 2.13. The number of nitrogens with two attached hydrogens (primary N) is 1. The number of carboxylic acid groups (broad SMARTS) is 1. The van der Waals surface area contributed by atoms with Crippen molar-refractivity contribution in [3.63, 3.8) is 0 Å². The van der Waals surface area contributed by atoms with Crippen molar-refractivity contribution >= 4 is 5.97 Å². The van der Waals surface area contributed by atoms with Crippen molar-refractivity contribution in [1.82, 2.24) is 9.97 Å². The summed E-state index contributed by atoms with van der Waals surface area (Å²) in [4.78, 5) is 19.1. The minimum Gasteiger partial charge on any atom is -0.493 e. The predicted octanol–water partition coefficient (Wildman–Crippen LogP) is 1.64. The zero-order valence-corrected chi connectivity index (χ0v) is 12.3. The van der Waals surface area contributed by atoms with Crippen LogP contribution in [-0.2, 0) is 4.79 Å². The number of benzene rings is 1. The fourth-order valence-electron chi connectivity index (χ4n) is 1.96. The Bertz CT molecular complexity index is 658. The Morgan fingerprint density at radius 2 is 1.86 bits per heavy atom. The maximum Gasteiger partial charge on any atom is 0.305 e. The molecule has 22 heavy (non-hydrogen) atoms. The average molecular weight is 303 g/mol. The fraction of sp³-hybridized carbons (Fsp3) is 0.267. The number of carboxylic acids is 1. The van der Waals surface area contributed by atoms with Crippen molar-refractivity contribution < 1.29 is 19.4 Å². The quantitative estimate of drug-likeness (QED) is 0.835. The monoisotopic (exact) mass is 303 g/mol. The van der Waals surface area contributed by atoms with Crippen LogP contribution in [0.25, 0.3) is 11.4 Å². The second-order valence-electron chi connectivity index (χ2n) is 4.61. The summed E-state index contributed by atoms with van der Waals surface area (Å²) in [6.45, 7) is 0. The average Bonchev–Trinajstić information content (AvgIpc) is 2.53. The van der Waals surface area contributed by atoms with E-state index in [1.165, 1.54) is 12.4 Å². The lowest BCUT2D eigenvalue weighted by Gasteiger charge is -2.10. The topological polar surface area (TPSA) is 108 Å². The Kier molecular flexibility index (Phi) is 4.90. The van der Waals surface area contributed by atoms with Gasteiger partial charge in [0, 0.05) is 29.6 Å². The van der Waals surface area contributed by atoms with Gasteiger partial charge in [0.2, 0.25) is 0 Å². The summed E-state index contributed by atoms with van der Waals surface area (Å²) in [5, 5.41) is 8.74. The number of hydrogen-bond acceptors (Lipinski definition) is 6. The van der Waals surface area contributed by atoms with Crippen LogP contribution >= 0.6 is 0 Å². The largest absolute Gasteiger partial charge is 0.493 e. The first kappa shape index (κ1) is 15.7. The first-order chi connectivity index (χ1) is 10.5. The molecule has 1 aromatic heterocycles. The second-order valence-corrected chi connectivity index (χ2v) is 4.61. The zero-order chi connectivity index (χ0) is 16.1. The van der Waals surface area contributed by atoms with Crippen molar-refractivity contribution in [2.45, 2.75) is 12.5 Å². The summed E-state index contributed by atoms with van der Waals surface area (Å²) >= 11 is 0. The van der Waals surface area contributed by atoms with Crippen LogP contribution in [0.3, 0.4) is 0 Å². The molecule has 0 saturated heterocycles. The van der Waals surface area contributed by atoms with E-state index < -0.39 is 12.0 Å². The summed E-state index contributed by atoms with van der Waals surface area (Å²) in [6, 6.07) is 4.72. The molecule has 7 heteroatoms. The molecule has 1 atom stereocenters. The second kappa shape index (κ2) is 6.86. The molecule has 0 spiro atoms. The lowest BCUT2D eigenvalue weighted by Crippen LogP contribution is -2.15. The number of nitrogens with zero attached hydrogens (tertiary/aromatic N) is 2. The Balaban J connectivity index is 2.25. The SMILES string of the molecule is COc1ccc(-c2ncc([C@@H](N)CC(=O)O)cn2)cc1OC. The number of hydrogen-bond donors (Lipinski definition) is 2. The van der Waals surface area contributed by atoms with E-state index in [4.69, 9.17) is 20.3 Å². The number of rotatable bonds is 6. The molecule has 1 heterocycles. The molecular formula is C15H17N3O4. The third-order valence-corrected chi connectivity index (χ3v) is 3.14. The zero-order valence-electron chi connectivity index (χ0n) is 12.3. The number of methoxy groups -OCH3 is 2. The highest BCUT2D eigenvalue weighted by molar-refractivity contribution is 5.68. The van der Waals surface area contributed by atoms with Crippen molar-refractivity contribution in [2.24, 2.45) is 5.73 Å². The minimum atomic E-state index is -0.962. The molecule has 3 N–H and O–H groups in total. The molecule has 0 unspecified atom stereocenters. The predicted molar refractivity (Wildman–Crippen MR) is 79.8 cm³/mol. The van der Waals surface area contributed by atoms with Crippen LogP contribution in [0.4, 0.5) is 0 Å². The van der Waals surface area contributed by atoms with E-state index in [-0.39, 0.29) is 6.42 Å². The molecule has 0 amide bonds. The third kappa shape index (κ3) is 3.50. The van der Waals surface area contributed by atoms with Gasteiger partial charge >= 0.3 is 5.97 Å². The highest BCUT2D eigenvalue weighted by atomic mass is 16.5. The molecule has 0 aliphatic rings. The van der Waals surface area contributed by atoms with Crippen LogP contribution in [0.15, 0.2) is 30.6 Å². The van der Waals surface area contributed by atoms with Crippen LogP contribution in [0, 0.1) is 0 Å². The van der Waals surface area contributed by atoms with Gasteiger partial charge in [0.25, 0.3) is 0 Å². The van der Waals surface area contributed by atoms with Crippen molar-refractivity contribution in [2.75, 3.05) is 14.2 Å². The smallest absolute Gasteiger partial charge is 0.305 e. The molecule has 2 aromatic rings. The molecule has 7 nitrogen and oxygen atoms in total. The molecule has 2 rings (SSSR count). The summed E-state index contributed by atoms with van der Waals surface area (Å²) in [6.07, 6.45) is 2.90. The van der Waals surface area contributed by atoms with Crippen LogP contribution in [-0.4, -0.2) is 35.3 Å². The number of aromatic nitrogens is 2. The molecule has 0 aliphatic heterocycles. The van der Waals surface area contributed by atoms with E-state index >= 15 is 0 Å². The van der Waals surface area contributed by atoms with Crippen LogP contribution in [0.1, 0.15) is 18.0 Å². The van der Waals surface area contributed by atoms with Gasteiger partial charge in [0.15, 0.2) is 17.3 Å².